The molecule has 1 saturated carbocycles. The monoisotopic (exact) mass is 327 g/mol. The molecule has 3 heteroatoms. The van der Waals surface area contributed by atoms with Gasteiger partial charge in [0.05, 0.1) is 5.41 Å². The van der Waals surface area contributed by atoms with Crippen LogP contribution in [-0.2, 0) is 16.8 Å². The third-order valence-electron chi connectivity index (χ3n) is 4.87. The highest BCUT2D eigenvalue weighted by atomic mass is 35.5. The quantitative estimate of drug-likeness (QED) is 0.789. The molecule has 120 valence electrons. The van der Waals surface area contributed by atoms with E-state index in [1.54, 1.807) is 0 Å². The third kappa shape index (κ3) is 3.28. The maximum Gasteiger partial charge on any atom is 0.233 e. The fourth-order valence-electron chi connectivity index (χ4n) is 3.67. The highest BCUT2D eigenvalue weighted by molar-refractivity contribution is 6.30. The van der Waals surface area contributed by atoms with Crippen molar-refractivity contribution >= 4 is 17.5 Å². The number of amides is 1. The zero-order chi connectivity index (χ0) is 16.3. The SMILES string of the molecule is CN(Cc1ccccc1)C(=O)C1(c2ccc(Cl)cc2)CCCC1. The number of nitrogens with zero attached hydrogens (tertiary/aromatic N) is 1. The van der Waals surface area contributed by atoms with Crippen LogP contribution < -0.4 is 0 Å². The van der Waals surface area contributed by atoms with Gasteiger partial charge in [-0.15, -0.1) is 0 Å². The van der Waals surface area contributed by atoms with E-state index >= 15 is 0 Å². The van der Waals surface area contributed by atoms with E-state index in [2.05, 4.69) is 12.1 Å². The minimum absolute atomic E-state index is 0.223. The molecule has 1 amide bonds. The molecule has 23 heavy (non-hydrogen) atoms. The Kier molecular flexibility index (Phi) is 4.72. The molecule has 0 radical (unpaired) electrons. The number of rotatable bonds is 4. The molecule has 0 aliphatic heterocycles. The smallest absolute Gasteiger partial charge is 0.233 e. The number of carbonyl (C=O) groups is 1. The summed E-state index contributed by atoms with van der Waals surface area (Å²) in [5, 5.41) is 0.715. The van der Waals surface area contributed by atoms with Gasteiger partial charge in [-0.25, -0.2) is 0 Å². The summed E-state index contributed by atoms with van der Waals surface area (Å²) in [7, 11) is 1.91. The Morgan fingerprint density at radius 3 is 2.26 bits per heavy atom. The van der Waals surface area contributed by atoms with Crippen LogP contribution in [0.2, 0.25) is 5.02 Å². The number of halogens is 1. The fraction of sp³-hybridized carbons (Fsp3) is 0.350. The lowest BCUT2D eigenvalue weighted by atomic mass is 9.77. The first-order chi connectivity index (χ1) is 11.1. The molecular formula is C20H22ClNO. The van der Waals surface area contributed by atoms with E-state index in [0.29, 0.717) is 11.6 Å². The van der Waals surface area contributed by atoms with E-state index in [1.807, 2.05) is 54.4 Å². The summed E-state index contributed by atoms with van der Waals surface area (Å²) >= 11 is 6.02. The van der Waals surface area contributed by atoms with Crippen molar-refractivity contribution in [3.8, 4) is 0 Å². The van der Waals surface area contributed by atoms with Crippen LogP contribution >= 0.6 is 11.6 Å². The van der Waals surface area contributed by atoms with Gasteiger partial charge in [0, 0.05) is 18.6 Å². The summed E-state index contributed by atoms with van der Waals surface area (Å²) in [5.74, 6) is 0.223. The van der Waals surface area contributed by atoms with Gasteiger partial charge in [0.15, 0.2) is 0 Å². The van der Waals surface area contributed by atoms with E-state index in [4.69, 9.17) is 11.6 Å². The lowest BCUT2D eigenvalue weighted by Gasteiger charge is -2.33. The zero-order valence-corrected chi connectivity index (χ0v) is 14.2. The highest BCUT2D eigenvalue weighted by Crippen LogP contribution is 2.43. The summed E-state index contributed by atoms with van der Waals surface area (Å²) in [6, 6.07) is 18.0. The van der Waals surface area contributed by atoms with Gasteiger partial charge in [-0.05, 0) is 36.1 Å². The number of carbonyl (C=O) groups excluding carboxylic acids is 1. The van der Waals surface area contributed by atoms with Gasteiger partial charge < -0.3 is 4.90 Å². The van der Waals surface area contributed by atoms with E-state index in [9.17, 15) is 4.79 Å². The molecule has 0 unspecified atom stereocenters. The van der Waals surface area contributed by atoms with Crippen molar-refractivity contribution in [1.82, 2.24) is 4.90 Å². The zero-order valence-electron chi connectivity index (χ0n) is 13.5. The standard InChI is InChI=1S/C20H22ClNO/c1-22(15-16-7-3-2-4-8-16)19(23)20(13-5-6-14-20)17-9-11-18(21)12-10-17/h2-4,7-12H,5-6,13-15H2,1H3. The number of likely N-dealkylation sites (N-methyl/N-ethyl adjacent to an activating group) is 1. The summed E-state index contributed by atoms with van der Waals surface area (Å²) in [6.07, 6.45) is 4.06. The first kappa shape index (κ1) is 16.1. The van der Waals surface area contributed by atoms with Gasteiger partial charge in [0.2, 0.25) is 5.91 Å². The topological polar surface area (TPSA) is 20.3 Å². The van der Waals surface area contributed by atoms with Crippen LogP contribution in [0.5, 0.6) is 0 Å². The van der Waals surface area contributed by atoms with Crippen molar-refractivity contribution in [2.75, 3.05) is 7.05 Å². The number of hydrogen-bond donors (Lipinski definition) is 0. The van der Waals surface area contributed by atoms with Crippen molar-refractivity contribution in [2.24, 2.45) is 0 Å². The first-order valence-corrected chi connectivity index (χ1v) is 8.55. The molecule has 2 nitrogen and oxygen atoms in total. The molecule has 3 rings (SSSR count). The second kappa shape index (κ2) is 6.76. The van der Waals surface area contributed by atoms with Gasteiger partial charge >= 0.3 is 0 Å². The highest BCUT2D eigenvalue weighted by Gasteiger charge is 2.44. The Balaban J connectivity index is 1.85. The Hall–Kier alpha value is -1.80. The average molecular weight is 328 g/mol. The van der Waals surface area contributed by atoms with Crippen LogP contribution in [0, 0.1) is 0 Å². The molecule has 0 N–H and O–H groups in total. The van der Waals surface area contributed by atoms with Crippen LogP contribution in [-0.4, -0.2) is 17.9 Å². The van der Waals surface area contributed by atoms with Gasteiger partial charge in [0.1, 0.15) is 0 Å². The molecule has 0 heterocycles. The summed E-state index contributed by atoms with van der Waals surface area (Å²) in [6.45, 7) is 0.648. The molecule has 0 aromatic heterocycles. The van der Waals surface area contributed by atoms with Crippen LogP contribution in [0.25, 0.3) is 0 Å². The van der Waals surface area contributed by atoms with Crippen molar-refractivity contribution in [3.63, 3.8) is 0 Å². The Bertz CT molecular complexity index is 660. The molecule has 1 aliphatic carbocycles. The largest absolute Gasteiger partial charge is 0.341 e. The molecule has 0 spiro atoms. The average Bonchev–Trinajstić information content (AvgIpc) is 3.06. The lowest BCUT2D eigenvalue weighted by molar-refractivity contribution is -0.136. The van der Waals surface area contributed by atoms with Gasteiger partial charge in [-0.1, -0.05) is 66.9 Å². The second-order valence-electron chi connectivity index (χ2n) is 6.44. The maximum atomic E-state index is 13.2. The lowest BCUT2D eigenvalue weighted by Crippen LogP contribution is -2.43. The Morgan fingerprint density at radius 1 is 1.04 bits per heavy atom. The summed E-state index contributed by atoms with van der Waals surface area (Å²) in [4.78, 5) is 15.1. The predicted octanol–water partition coefficient (Wildman–Crippen LogP) is 4.81. The van der Waals surface area contributed by atoms with Crippen LogP contribution in [0.15, 0.2) is 54.6 Å². The van der Waals surface area contributed by atoms with Gasteiger partial charge in [-0.3, -0.25) is 4.79 Å². The molecule has 1 fully saturated rings. The molecule has 2 aromatic rings. The van der Waals surface area contributed by atoms with E-state index in [1.165, 1.54) is 0 Å². The van der Waals surface area contributed by atoms with Crippen LogP contribution in [0.4, 0.5) is 0 Å². The van der Waals surface area contributed by atoms with Crippen LogP contribution in [0.3, 0.4) is 0 Å². The minimum atomic E-state index is -0.381. The normalized spacial score (nSPS) is 16.3. The molecule has 2 aromatic carbocycles. The van der Waals surface area contributed by atoms with Gasteiger partial charge in [0.25, 0.3) is 0 Å². The summed E-state index contributed by atoms with van der Waals surface area (Å²) < 4.78 is 0. The predicted molar refractivity (Wildman–Crippen MR) is 94.5 cm³/mol. The first-order valence-electron chi connectivity index (χ1n) is 8.17. The fourth-order valence-corrected chi connectivity index (χ4v) is 3.79. The Morgan fingerprint density at radius 2 is 1.65 bits per heavy atom. The number of hydrogen-bond acceptors (Lipinski definition) is 1. The van der Waals surface area contributed by atoms with E-state index < -0.39 is 0 Å². The molecule has 1 aliphatic rings. The number of benzene rings is 2. The molecule has 0 saturated heterocycles. The van der Waals surface area contributed by atoms with Crippen molar-refractivity contribution in [1.29, 1.82) is 0 Å². The van der Waals surface area contributed by atoms with Crippen LogP contribution in [0.1, 0.15) is 36.8 Å². The molecule has 0 bridgehead atoms. The Labute approximate surface area is 143 Å². The maximum absolute atomic E-state index is 13.2. The van der Waals surface area contributed by atoms with Crippen molar-refractivity contribution in [2.45, 2.75) is 37.6 Å². The van der Waals surface area contributed by atoms with Crippen molar-refractivity contribution in [3.05, 3.63) is 70.7 Å². The third-order valence-corrected chi connectivity index (χ3v) is 5.12. The second-order valence-corrected chi connectivity index (χ2v) is 6.88. The minimum Gasteiger partial charge on any atom is -0.341 e. The van der Waals surface area contributed by atoms with Gasteiger partial charge in [-0.2, -0.15) is 0 Å². The van der Waals surface area contributed by atoms with Crippen molar-refractivity contribution < 1.29 is 4.79 Å². The van der Waals surface area contributed by atoms with E-state index in [0.717, 1.165) is 36.8 Å². The van der Waals surface area contributed by atoms with E-state index in [-0.39, 0.29) is 11.3 Å². The molecular weight excluding hydrogens is 306 g/mol. The molecule has 0 atom stereocenters. The summed E-state index contributed by atoms with van der Waals surface area (Å²) in [5.41, 5.74) is 1.88.